The van der Waals surface area contributed by atoms with E-state index in [1.165, 1.54) is 11.1 Å². The number of amides is 4. The maximum Gasteiger partial charge on any atom is 0.410 e. The molecule has 0 radical (unpaired) electrons. The average molecular weight is 612 g/mol. The minimum absolute atomic E-state index is 0.0469. The summed E-state index contributed by atoms with van der Waals surface area (Å²) in [6.45, 7) is 13.2. The van der Waals surface area contributed by atoms with Crippen molar-refractivity contribution in [2.24, 2.45) is 11.8 Å². The van der Waals surface area contributed by atoms with Crippen LogP contribution in [0.3, 0.4) is 0 Å². The fourth-order valence-corrected chi connectivity index (χ4v) is 6.54. The largest absolute Gasteiger partial charge is 0.444 e. The summed E-state index contributed by atoms with van der Waals surface area (Å²) in [5.41, 5.74) is 2.05. The van der Waals surface area contributed by atoms with Gasteiger partial charge < -0.3 is 25.2 Å². The maximum atomic E-state index is 13.7. The molecule has 10 nitrogen and oxygen atoms in total. The van der Waals surface area contributed by atoms with Gasteiger partial charge in [-0.3, -0.25) is 14.5 Å². The first-order chi connectivity index (χ1) is 20.9. The highest BCUT2D eigenvalue weighted by Gasteiger charge is 2.36. The molecule has 1 saturated heterocycles. The molecule has 1 aliphatic carbocycles. The molecule has 2 aliphatic heterocycles. The van der Waals surface area contributed by atoms with Crippen molar-refractivity contribution < 1.29 is 23.9 Å². The Bertz CT molecular complexity index is 1160. The second-order valence-electron chi connectivity index (χ2n) is 14.1. The highest BCUT2D eigenvalue weighted by Crippen LogP contribution is 2.26. The van der Waals surface area contributed by atoms with Gasteiger partial charge in [-0.2, -0.15) is 0 Å². The molecule has 0 bridgehead atoms. The number of carbonyl (C=O) groups excluding carboxylic acids is 4. The molecule has 2 fully saturated rings. The third-order valence-corrected chi connectivity index (χ3v) is 8.85. The van der Waals surface area contributed by atoms with Crippen LogP contribution in [0.15, 0.2) is 24.3 Å². The van der Waals surface area contributed by atoms with E-state index >= 15 is 0 Å². The standard InChI is InChI=1S/C34H53N5O5/c1-24(2)21-29(30(40)23-37-16-10-13-25-11-6-7-12-26(25)22-37)35-31(41)27-14-8-9-15-28(27)36-32(42)38-17-19-39(20-18-38)33(43)44-34(3,4)5/h6-7,11-12,24,27-29H,8-10,13-23H2,1-5H3,(H,35,41)(H,36,42)/t27-,28+,29+/m1/s1. The van der Waals surface area contributed by atoms with Gasteiger partial charge in [-0.25, -0.2) is 9.59 Å². The molecule has 10 heteroatoms. The number of nitrogens with zero attached hydrogens (tertiary/aromatic N) is 3. The van der Waals surface area contributed by atoms with Gasteiger partial charge in [0.05, 0.1) is 18.5 Å². The number of piperazine rings is 1. The molecule has 2 heterocycles. The van der Waals surface area contributed by atoms with Crippen LogP contribution in [0.2, 0.25) is 0 Å². The van der Waals surface area contributed by atoms with Gasteiger partial charge in [0.2, 0.25) is 5.91 Å². The van der Waals surface area contributed by atoms with E-state index < -0.39 is 11.6 Å². The van der Waals surface area contributed by atoms with E-state index in [0.29, 0.717) is 45.6 Å². The van der Waals surface area contributed by atoms with Gasteiger partial charge in [-0.05, 0) is 76.5 Å². The van der Waals surface area contributed by atoms with Gasteiger partial charge in [-0.15, -0.1) is 0 Å². The van der Waals surface area contributed by atoms with Gasteiger partial charge >= 0.3 is 12.1 Å². The Morgan fingerprint density at radius 1 is 0.909 bits per heavy atom. The summed E-state index contributed by atoms with van der Waals surface area (Å²) in [7, 11) is 0. The van der Waals surface area contributed by atoms with Crippen LogP contribution < -0.4 is 10.6 Å². The van der Waals surface area contributed by atoms with Gasteiger partial charge in [0.25, 0.3) is 0 Å². The normalized spacial score (nSPS) is 22.0. The molecule has 1 aromatic rings. The van der Waals surface area contributed by atoms with Gasteiger partial charge in [0, 0.05) is 38.8 Å². The van der Waals surface area contributed by atoms with Crippen molar-refractivity contribution in [1.82, 2.24) is 25.3 Å². The van der Waals surface area contributed by atoms with E-state index in [0.717, 1.165) is 45.2 Å². The smallest absolute Gasteiger partial charge is 0.410 e. The lowest BCUT2D eigenvalue weighted by Gasteiger charge is -2.38. The van der Waals surface area contributed by atoms with E-state index in [1.54, 1.807) is 9.80 Å². The lowest BCUT2D eigenvalue weighted by atomic mass is 9.83. The van der Waals surface area contributed by atoms with Crippen LogP contribution in [0, 0.1) is 11.8 Å². The third-order valence-electron chi connectivity index (χ3n) is 8.85. The molecule has 0 aromatic heterocycles. The number of benzene rings is 1. The van der Waals surface area contributed by atoms with Crippen LogP contribution in [-0.2, 0) is 27.3 Å². The number of urea groups is 1. The molecular formula is C34H53N5O5. The van der Waals surface area contributed by atoms with Gasteiger partial charge in [0.15, 0.2) is 5.78 Å². The first-order valence-corrected chi connectivity index (χ1v) is 16.5. The molecule has 3 aliphatic rings. The van der Waals surface area contributed by atoms with Crippen LogP contribution in [0.1, 0.15) is 84.3 Å². The molecule has 3 atom stereocenters. The lowest BCUT2D eigenvalue weighted by Crippen LogP contribution is -2.58. The molecule has 4 rings (SSSR count). The highest BCUT2D eigenvalue weighted by atomic mass is 16.6. The maximum absolute atomic E-state index is 13.7. The number of carbonyl (C=O) groups is 4. The van der Waals surface area contributed by atoms with Crippen LogP contribution in [0.5, 0.6) is 0 Å². The first kappa shape index (κ1) is 33.7. The Morgan fingerprint density at radius 3 is 2.25 bits per heavy atom. The summed E-state index contributed by atoms with van der Waals surface area (Å²) in [4.78, 5) is 58.5. The fraction of sp³-hybridized carbons (Fsp3) is 0.706. The summed E-state index contributed by atoms with van der Waals surface area (Å²) in [6.07, 6.45) is 5.48. The monoisotopic (exact) mass is 611 g/mol. The second kappa shape index (κ2) is 15.2. The number of aryl methyl sites for hydroxylation is 1. The Labute approximate surface area is 263 Å². The fourth-order valence-electron chi connectivity index (χ4n) is 6.54. The minimum atomic E-state index is -0.569. The Morgan fingerprint density at radius 2 is 1.57 bits per heavy atom. The molecule has 244 valence electrons. The summed E-state index contributed by atoms with van der Waals surface area (Å²) in [5, 5.41) is 6.25. The van der Waals surface area contributed by atoms with Gasteiger partial charge in [0.1, 0.15) is 5.60 Å². The number of fused-ring (bicyclic) bond motifs is 1. The summed E-state index contributed by atoms with van der Waals surface area (Å²) < 4.78 is 5.47. The average Bonchev–Trinajstić information content (AvgIpc) is 3.17. The van der Waals surface area contributed by atoms with E-state index in [1.807, 2.05) is 20.8 Å². The van der Waals surface area contributed by atoms with Crippen LogP contribution in [0.4, 0.5) is 9.59 Å². The van der Waals surface area contributed by atoms with E-state index in [9.17, 15) is 19.2 Å². The summed E-state index contributed by atoms with van der Waals surface area (Å²) in [6, 6.07) is 7.37. The SMILES string of the molecule is CC(C)C[C@H](NC(=O)[C@@H]1CCCC[C@@H]1NC(=O)N1CCN(C(=O)OC(C)(C)C)CC1)C(=O)CN1CCCc2ccccc2C1. The molecule has 0 spiro atoms. The number of rotatable bonds is 8. The number of hydrogen-bond donors (Lipinski definition) is 2. The van der Waals surface area contributed by atoms with Crippen molar-refractivity contribution in [3.05, 3.63) is 35.4 Å². The van der Waals surface area contributed by atoms with Crippen molar-refractivity contribution in [2.75, 3.05) is 39.3 Å². The number of ether oxygens (including phenoxy) is 1. The molecule has 2 N–H and O–H groups in total. The minimum Gasteiger partial charge on any atom is -0.444 e. The van der Waals surface area contributed by atoms with E-state index in [2.05, 4.69) is 53.6 Å². The highest BCUT2D eigenvalue weighted by molar-refractivity contribution is 5.91. The van der Waals surface area contributed by atoms with Crippen LogP contribution in [-0.4, -0.2) is 95.5 Å². The summed E-state index contributed by atoms with van der Waals surface area (Å²) >= 11 is 0. The van der Waals surface area contributed by atoms with Crippen LogP contribution >= 0.6 is 0 Å². The molecule has 0 unspecified atom stereocenters. The quantitative estimate of drug-likeness (QED) is 0.452. The predicted molar refractivity (Wildman–Crippen MR) is 170 cm³/mol. The zero-order valence-corrected chi connectivity index (χ0v) is 27.4. The van der Waals surface area contributed by atoms with Crippen molar-refractivity contribution >= 4 is 23.8 Å². The summed E-state index contributed by atoms with van der Waals surface area (Å²) in [5.74, 6) is -0.241. The second-order valence-corrected chi connectivity index (χ2v) is 14.1. The zero-order valence-electron chi connectivity index (χ0n) is 27.4. The first-order valence-electron chi connectivity index (χ1n) is 16.5. The molecular weight excluding hydrogens is 558 g/mol. The number of ketones is 1. The van der Waals surface area contributed by atoms with Crippen LogP contribution in [0.25, 0.3) is 0 Å². The molecule has 44 heavy (non-hydrogen) atoms. The van der Waals surface area contributed by atoms with E-state index in [-0.39, 0.29) is 41.7 Å². The molecule has 1 saturated carbocycles. The van der Waals surface area contributed by atoms with E-state index in [4.69, 9.17) is 4.74 Å². The zero-order chi connectivity index (χ0) is 31.9. The Balaban J connectivity index is 1.33. The van der Waals surface area contributed by atoms with Crippen molar-refractivity contribution in [3.8, 4) is 0 Å². The van der Waals surface area contributed by atoms with Crippen molar-refractivity contribution in [3.63, 3.8) is 0 Å². The number of Topliss-reactive ketones (excluding diaryl/α,β-unsaturated/α-hetero) is 1. The lowest BCUT2D eigenvalue weighted by molar-refractivity contribution is -0.132. The molecule has 4 amide bonds. The third kappa shape index (κ3) is 9.68. The predicted octanol–water partition coefficient (Wildman–Crippen LogP) is 4.36. The topological polar surface area (TPSA) is 111 Å². The van der Waals surface area contributed by atoms with Gasteiger partial charge in [-0.1, -0.05) is 51.0 Å². The van der Waals surface area contributed by atoms with Crippen molar-refractivity contribution in [2.45, 2.75) is 104 Å². The Hall–Kier alpha value is -3.14. The molecule has 1 aromatic carbocycles. The Kier molecular flexibility index (Phi) is 11.7. The number of nitrogens with one attached hydrogen (secondary N) is 2. The number of hydrogen-bond acceptors (Lipinski definition) is 6. The van der Waals surface area contributed by atoms with Crippen molar-refractivity contribution in [1.29, 1.82) is 0 Å².